The van der Waals surface area contributed by atoms with Crippen molar-refractivity contribution in [2.24, 2.45) is 0 Å². The van der Waals surface area contributed by atoms with Crippen molar-refractivity contribution in [2.45, 2.75) is 56.8 Å². The minimum absolute atomic E-state index is 0.181. The first-order chi connectivity index (χ1) is 18.0. The summed E-state index contributed by atoms with van der Waals surface area (Å²) in [6.45, 7) is 3.35. The minimum atomic E-state index is -0.423. The van der Waals surface area contributed by atoms with E-state index in [2.05, 4.69) is 60.7 Å². The lowest BCUT2D eigenvalue weighted by Gasteiger charge is -2.42. The zero-order chi connectivity index (χ0) is 25.6. The molecule has 6 rings (SSSR count). The average molecular weight is 487 g/mol. The summed E-state index contributed by atoms with van der Waals surface area (Å²) in [6.07, 6.45) is 6.79. The van der Waals surface area contributed by atoms with Gasteiger partial charge in [0.25, 0.3) is 0 Å². The van der Waals surface area contributed by atoms with E-state index in [0.717, 1.165) is 28.9 Å². The number of rotatable bonds is 8. The van der Waals surface area contributed by atoms with E-state index in [-0.39, 0.29) is 11.6 Å². The summed E-state index contributed by atoms with van der Waals surface area (Å²) in [5.41, 5.74) is 8.23. The lowest BCUT2D eigenvalue weighted by Crippen LogP contribution is -2.38. The molecule has 2 aromatic heterocycles. The Bertz CT molecular complexity index is 1330. The molecule has 0 spiro atoms. The molecule has 4 heteroatoms. The van der Waals surface area contributed by atoms with Gasteiger partial charge in [0, 0.05) is 47.2 Å². The minimum Gasteiger partial charge on any atom is -0.300 e. The summed E-state index contributed by atoms with van der Waals surface area (Å²) >= 11 is 0. The SMILES string of the molecule is CC(=O)CCC1(CC2(CCC(C)=O)c3ccccc3-c3ncccc32)c2ccccc2-c2ncccc21. The predicted molar refractivity (Wildman–Crippen MR) is 145 cm³/mol. The summed E-state index contributed by atoms with van der Waals surface area (Å²) in [5.74, 6) is 0.363. The van der Waals surface area contributed by atoms with Crippen LogP contribution >= 0.6 is 0 Å². The third-order valence-electron chi connectivity index (χ3n) is 8.45. The van der Waals surface area contributed by atoms with Crippen LogP contribution in [0.3, 0.4) is 0 Å². The Morgan fingerprint density at radius 1 is 0.595 bits per heavy atom. The summed E-state index contributed by atoms with van der Waals surface area (Å²) in [7, 11) is 0. The first-order valence-corrected chi connectivity index (χ1v) is 13.1. The molecule has 2 aromatic carbocycles. The highest BCUT2D eigenvalue weighted by Gasteiger charge is 2.53. The number of carbonyl (C=O) groups excluding carboxylic acids is 2. The molecule has 0 aliphatic heterocycles. The molecule has 37 heavy (non-hydrogen) atoms. The fourth-order valence-electron chi connectivity index (χ4n) is 6.91. The monoisotopic (exact) mass is 486 g/mol. The van der Waals surface area contributed by atoms with Gasteiger partial charge >= 0.3 is 0 Å². The van der Waals surface area contributed by atoms with Crippen molar-refractivity contribution in [2.75, 3.05) is 0 Å². The van der Waals surface area contributed by atoms with Crippen LogP contribution in [0.5, 0.6) is 0 Å². The van der Waals surface area contributed by atoms with Crippen LogP contribution in [0.15, 0.2) is 85.2 Å². The summed E-state index contributed by atoms with van der Waals surface area (Å²) in [5, 5.41) is 0. The third-order valence-corrected chi connectivity index (χ3v) is 8.45. The number of ketones is 2. The smallest absolute Gasteiger partial charge is 0.129 e. The highest BCUT2D eigenvalue weighted by Crippen LogP contribution is 2.61. The molecule has 0 radical (unpaired) electrons. The van der Waals surface area contributed by atoms with Gasteiger partial charge in [0.15, 0.2) is 0 Å². The van der Waals surface area contributed by atoms with Gasteiger partial charge in [-0.1, -0.05) is 60.7 Å². The Labute approximate surface area is 217 Å². The normalized spacial score (nSPS) is 20.6. The Hall–Kier alpha value is -3.92. The fraction of sp³-hybridized carbons (Fsp3) is 0.273. The van der Waals surface area contributed by atoms with Crippen molar-refractivity contribution in [1.82, 2.24) is 9.97 Å². The van der Waals surface area contributed by atoms with E-state index in [1.807, 2.05) is 24.5 Å². The van der Waals surface area contributed by atoms with Crippen molar-refractivity contribution in [3.05, 3.63) is 107 Å². The lowest BCUT2D eigenvalue weighted by atomic mass is 9.59. The zero-order valence-electron chi connectivity index (χ0n) is 21.3. The van der Waals surface area contributed by atoms with Crippen LogP contribution < -0.4 is 0 Å². The van der Waals surface area contributed by atoms with E-state index in [1.165, 1.54) is 22.3 Å². The Balaban J connectivity index is 1.64. The molecule has 4 aromatic rings. The lowest BCUT2D eigenvalue weighted by molar-refractivity contribution is -0.118. The third kappa shape index (κ3) is 3.58. The molecule has 4 nitrogen and oxygen atoms in total. The number of hydrogen-bond donors (Lipinski definition) is 0. The summed E-state index contributed by atoms with van der Waals surface area (Å²) in [6, 6.07) is 25.4. The van der Waals surface area contributed by atoms with Gasteiger partial charge < -0.3 is 9.59 Å². The van der Waals surface area contributed by atoms with Crippen molar-refractivity contribution in [3.63, 3.8) is 0 Å². The van der Waals surface area contributed by atoms with Gasteiger partial charge in [0.05, 0.1) is 11.4 Å². The van der Waals surface area contributed by atoms with Gasteiger partial charge in [0.1, 0.15) is 11.6 Å². The van der Waals surface area contributed by atoms with Crippen molar-refractivity contribution < 1.29 is 9.59 Å². The van der Waals surface area contributed by atoms with Gasteiger partial charge in [0.2, 0.25) is 0 Å². The van der Waals surface area contributed by atoms with Crippen LogP contribution in [0.4, 0.5) is 0 Å². The van der Waals surface area contributed by atoms with Gasteiger partial charge in [-0.2, -0.15) is 0 Å². The molecule has 2 aliphatic rings. The second kappa shape index (κ2) is 8.88. The number of hydrogen-bond acceptors (Lipinski definition) is 4. The molecular weight excluding hydrogens is 456 g/mol. The molecule has 0 bridgehead atoms. The second-order valence-electron chi connectivity index (χ2n) is 10.6. The van der Waals surface area contributed by atoms with Crippen LogP contribution in [-0.2, 0) is 20.4 Å². The zero-order valence-corrected chi connectivity index (χ0v) is 21.3. The van der Waals surface area contributed by atoms with Crippen molar-refractivity contribution in [3.8, 4) is 22.5 Å². The van der Waals surface area contributed by atoms with E-state index >= 15 is 0 Å². The number of benzene rings is 2. The van der Waals surface area contributed by atoms with E-state index in [0.29, 0.717) is 25.7 Å². The Kier molecular flexibility index (Phi) is 5.63. The molecule has 0 saturated heterocycles. The van der Waals surface area contributed by atoms with Gasteiger partial charge in [-0.15, -0.1) is 0 Å². The maximum absolute atomic E-state index is 12.4. The van der Waals surface area contributed by atoms with Crippen LogP contribution in [0.1, 0.15) is 68.2 Å². The fourth-order valence-corrected chi connectivity index (χ4v) is 6.91. The second-order valence-corrected chi connectivity index (χ2v) is 10.6. The summed E-state index contributed by atoms with van der Waals surface area (Å²) in [4.78, 5) is 34.5. The predicted octanol–water partition coefficient (Wildman–Crippen LogP) is 6.84. The molecule has 184 valence electrons. The average Bonchev–Trinajstić information content (AvgIpc) is 3.35. The Morgan fingerprint density at radius 2 is 1.00 bits per heavy atom. The molecule has 0 saturated carbocycles. The van der Waals surface area contributed by atoms with E-state index < -0.39 is 10.8 Å². The van der Waals surface area contributed by atoms with Crippen LogP contribution in [0, 0.1) is 0 Å². The maximum atomic E-state index is 12.4. The molecule has 0 N–H and O–H groups in total. The molecule has 2 atom stereocenters. The number of carbonyl (C=O) groups is 2. The van der Waals surface area contributed by atoms with Gasteiger partial charge in [-0.3, -0.25) is 9.97 Å². The number of pyridine rings is 2. The molecular formula is C33H30N2O2. The summed E-state index contributed by atoms with van der Waals surface area (Å²) < 4.78 is 0. The quantitative estimate of drug-likeness (QED) is 0.274. The van der Waals surface area contributed by atoms with Gasteiger partial charge in [-0.25, -0.2) is 0 Å². The Morgan fingerprint density at radius 3 is 1.43 bits per heavy atom. The highest BCUT2D eigenvalue weighted by molar-refractivity contribution is 5.83. The molecule has 2 aliphatic carbocycles. The number of fused-ring (bicyclic) bond motifs is 6. The van der Waals surface area contributed by atoms with Crippen LogP contribution in [-0.4, -0.2) is 21.5 Å². The molecule has 0 fully saturated rings. The largest absolute Gasteiger partial charge is 0.300 e. The molecule has 2 unspecified atom stereocenters. The highest BCUT2D eigenvalue weighted by atomic mass is 16.1. The van der Waals surface area contributed by atoms with Crippen molar-refractivity contribution >= 4 is 11.6 Å². The number of aromatic nitrogens is 2. The van der Waals surface area contributed by atoms with Crippen LogP contribution in [0.25, 0.3) is 22.5 Å². The number of nitrogens with zero attached hydrogens (tertiary/aromatic N) is 2. The first kappa shape index (κ1) is 23.5. The molecule has 0 amide bonds. The van der Waals surface area contributed by atoms with Crippen LogP contribution in [0.2, 0.25) is 0 Å². The number of Topliss-reactive ketones (excluding diaryl/α,β-unsaturated/α-hetero) is 2. The standard InChI is InChI=1S/C33H30N2O2/c1-22(36)15-17-32(26-11-5-3-9-24(26)30-28(32)13-7-19-34-30)21-33(18-16-23(2)37)27-12-6-4-10-25(27)31-29(33)14-8-20-35-31/h3-14,19-20H,15-18,21H2,1-2H3. The first-order valence-electron chi connectivity index (χ1n) is 13.1. The van der Waals surface area contributed by atoms with E-state index in [4.69, 9.17) is 9.97 Å². The van der Waals surface area contributed by atoms with Gasteiger partial charge in [-0.05, 0) is 67.5 Å². The van der Waals surface area contributed by atoms with Crippen molar-refractivity contribution in [1.29, 1.82) is 0 Å². The molecule has 2 heterocycles. The maximum Gasteiger partial charge on any atom is 0.129 e. The van der Waals surface area contributed by atoms with E-state index in [1.54, 1.807) is 13.8 Å². The van der Waals surface area contributed by atoms with E-state index in [9.17, 15) is 9.59 Å². The topological polar surface area (TPSA) is 59.9 Å².